The normalized spacial score (nSPS) is 34.1. The lowest BCUT2D eigenvalue weighted by atomic mass is 9.43. The highest BCUT2D eigenvalue weighted by molar-refractivity contribution is 7.88. The molecule has 4 aliphatic carbocycles. The molecule has 5 fully saturated rings. The number of nitrogens with one attached hydrogen (secondary N) is 3. The number of carbonyl (C=O) groups excluding carboxylic acids is 2. The third-order valence-corrected chi connectivity index (χ3v) is 11.5. The van der Waals surface area contributed by atoms with E-state index in [0.29, 0.717) is 24.2 Å². The summed E-state index contributed by atoms with van der Waals surface area (Å²) in [6.07, 6.45) is 11.8. The first kappa shape index (κ1) is 32.7. The summed E-state index contributed by atoms with van der Waals surface area (Å²) >= 11 is 0. The first-order valence-electron chi connectivity index (χ1n) is 16.0. The highest BCUT2D eigenvalue weighted by Gasteiger charge is 2.75. The zero-order valence-corrected chi connectivity index (χ0v) is 27.2. The summed E-state index contributed by atoms with van der Waals surface area (Å²) in [7, 11) is -4.13. The SMILES string of the molecule is CCCCCCCCCC(=O)N[C@@H](CNS(C)(=O)=O)C(=O)NC1(B2OC3C[C@@H]4C[C@@H](C4(C)C)[C@]3(C)O2)CC1C(C)C. The first-order valence-corrected chi connectivity index (χ1v) is 17.9. The number of unbranched alkanes of at least 4 members (excludes halogenated alkanes) is 6. The monoisotopic (exact) mass is 595 g/mol. The Morgan fingerprint density at radius 2 is 1.68 bits per heavy atom. The molecular formula is C30H54BN3O6S. The van der Waals surface area contributed by atoms with Crippen LogP contribution in [0.4, 0.5) is 0 Å². The lowest BCUT2D eigenvalue weighted by molar-refractivity contribution is -0.199. The molecule has 7 atom stereocenters. The van der Waals surface area contributed by atoms with Crippen molar-refractivity contribution in [1.82, 2.24) is 15.4 Å². The quantitative estimate of drug-likeness (QED) is 0.183. The van der Waals surface area contributed by atoms with Crippen LogP contribution in [-0.4, -0.2) is 63.3 Å². The van der Waals surface area contributed by atoms with E-state index < -0.39 is 40.1 Å². The molecule has 1 heterocycles. The van der Waals surface area contributed by atoms with Gasteiger partial charge in [-0.1, -0.05) is 73.1 Å². The van der Waals surface area contributed by atoms with E-state index in [1.54, 1.807) is 0 Å². The highest BCUT2D eigenvalue weighted by atomic mass is 32.2. The third kappa shape index (κ3) is 6.99. The molecule has 2 bridgehead atoms. The van der Waals surface area contributed by atoms with Crippen LogP contribution >= 0.6 is 0 Å². The Morgan fingerprint density at radius 1 is 1.02 bits per heavy atom. The molecule has 2 amide bonds. The zero-order chi connectivity index (χ0) is 30.2. The standard InChI is InChI=1S/C30H54BN3O6S/c1-8-9-10-11-12-13-14-15-26(35)33-23(19-32-41(7,37)38)27(36)34-30(18-22(30)20(2)3)31-39-25-17-21-16-24(28(21,4)5)29(25,6)40-31/h20-25,32H,8-19H2,1-7H3,(H,33,35)(H,34,36)/t21-,22?,23-,24-,25?,29-,30?/m0/s1. The van der Waals surface area contributed by atoms with E-state index in [1.165, 1.54) is 25.7 Å². The number of sulfonamides is 1. The van der Waals surface area contributed by atoms with E-state index in [-0.39, 0.29) is 29.9 Å². The van der Waals surface area contributed by atoms with Gasteiger partial charge in [-0.3, -0.25) is 9.59 Å². The fourth-order valence-corrected chi connectivity index (χ4v) is 8.44. The summed E-state index contributed by atoms with van der Waals surface area (Å²) in [5.74, 6) is 0.835. The van der Waals surface area contributed by atoms with Gasteiger partial charge in [0.15, 0.2) is 0 Å². The minimum atomic E-state index is -3.55. The van der Waals surface area contributed by atoms with Gasteiger partial charge in [0.25, 0.3) is 0 Å². The van der Waals surface area contributed by atoms with Gasteiger partial charge in [0.2, 0.25) is 21.8 Å². The van der Waals surface area contributed by atoms with Crippen LogP contribution in [0.25, 0.3) is 0 Å². The molecule has 3 N–H and O–H groups in total. The summed E-state index contributed by atoms with van der Waals surface area (Å²) in [6.45, 7) is 13.1. The van der Waals surface area contributed by atoms with Crippen LogP contribution in [-0.2, 0) is 28.9 Å². The van der Waals surface area contributed by atoms with Gasteiger partial charge in [0.05, 0.1) is 23.4 Å². The highest BCUT2D eigenvalue weighted by Crippen LogP contribution is 2.67. The van der Waals surface area contributed by atoms with Crippen LogP contribution in [0.3, 0.4) is 0 Å². The summed E-state index contributed by atoms with van der Waals surface area (Å²) in [5, 5.41) is 6.02. The van der Waals surface area contributed by atoms with Crippen LogP contribution < -0.4 is 15.4 Å². The van der Waals surface area contributed by atoms with Gasteiger partial charge >= 0.3 is 7.12 Å². The van der Waals surface area contributed by atoms with E-state index in [9.17, 15) is 18.0 Å². The summed E-state index contributed by atoms with van der Waals surface area (Å²) in [6, 6.07) is -1.03. The average molecular weight is 596 g/mol. The fourth-order valence-electron chi connectivity index (χ4n) is 7.97. The van der Waals surface area contributed by atoms with Crippen LogP contribution in [0, 0.1) is 29.1 Å². The molecular weight excluding hydrogens is 541 g/mol. The molecule has 0 aromatic heterocycles. The second-order valence-electron chi connectivity index (χ2n) is 14.5. The molecule has 0 aromatic rings. The molecule has 5 aliphatic rings. The predicted molar refractivity (Wildman–Crippen MR) is 161 cm³/mol. The summed E-state index contributed by atoms with van der Waals surface area (Å²) in [5.41, 5.74) is -0.886. The molecule has 0 radical (unpaired) electrons. The van der Waals surface area contributed by atoms with E-state index in [1.807, 2.05) is 0 Å². The van der Waals surface area contributed by atoms with Gasteiger partial charge in [0.1, 0.15) is 6.04 Å². The Kier molecular flexibility index (Phi) is 9.94. The Bertz CT molecular complexity index is 1070. The van der Waals surface area contributed by atoms with Crippen molar-refractivity contribution in [2.45, 2.75) is 135 Å². The van der Waals surface area contributed by atoms with Gasteiger partial charge in [0, 0.05) is 13.0 Å². The van der Waals surface area contributed by atoms with Crippen molar-refractivity contribution < 1.29 is 27.3 Å². The second kappa shape index (κ2) is 12.4. The summed E-state index contributed by atoms with van der Waals surface area (Å²) in [4.78, 5) is 26.6. The molecule has 0 spiro atoms. The van der Waals surface area contributed by atoms with Crippen molar-refractivity contribution in [3.63, 3.8) is 0 Å². The Hall–Kier alpha value is -1.17. The number of carbonyl (C=O) groups is 2. The minimum absolute atomic E-state index is 0.00385. The minimum Gasteiger partial charge on any atom is -0.404 e. The molecule has 1 saturated heterocycles. The number of rotatable bonds is 16. The number of hydrogen-bond acceptors (Lipinski definition) is 6. The van der Waals surface area contributed by atoms with Crippen molar-refractivity contribution in [2.75, 3.05) is 12.8 Å². The Morgan fingerprint density at radius 3 is 2.27 bits per heavy atom. The van der Waals surface area contributed by atoms with Gasteiger partial charge < -0.3 is 19.9 Å². The van der Waals surface area contributed by atoms with Crippen LogP contribution in [0.1, 0.15) is 112 Å². The van der Waals surface area contributed by atoms with Crippen LogP contribution in [0.5, 0.6) is 0 Å². The average Bonchev–Trinajstić information content (AvgIpc) is 3.49. The molecule has 41 heavy (non-hydrogen) atoms. The van der Waals surface area contributed by atoms with E-state index in [4.69, 9.17) is 9.31 Å². The Labute approximate surface area is 248 Å². The maximum Gasteiger partial charge on any atom is 0.485 e. The molecule has 0 aromatic carbocycles. The third-order valence-electron chi connectivity index (χ3n) is 10.8. The molecule has 5 rings (SSSR count). The number of hydrogen-bond donors (Lipinski definition) is 3. The van der Waals surface area contributed by atoms with Gasteiger partial charge in [-0.2, -0.15) is 0 Å². The van der Waals surface area contributed by atoms with E-state index in [0.717, 1.165) is 44.8 Å². The zero-order valence-electron chi connectivity index (χ0n) is 26.4. The van der Waals surface area contributed by atoms with Crippen molar-refractivity contribution in [2.24, 2.45) is 29.1 Å². The van der Waals surface area contributed by atoms with Crippen molar-refractivity contribution in [3.8, 4) is 0 Å². The Balaban J connectivity index is 1.41. The maximum absolute atomic E-state index is 13.8. The topological polar surface area (TPSA) is 123 Å². The lowest BCUT2D eigenvalue weighted by Crippen LogP contribution is -2.65. The van der Waals surface area contributed by atoms with Gasteiger partial charge in [-0.15, -0.1) is 0 Å². The molecule has 9 nitrogen and oxygen atoms in total. The van der Waals surface area contributed by atoms with Crippen molar-refractivity contribution in [3.05, 3.63) is 0 Å². The van der Waals surface area contributed by atoms with Gasteiger partial charge in [-0.05, 0) is 61.7 Å². The first-order chi connectivity index (χ1) is 19.1. The van der Waals surface area contributed by atoms with Crippen LogP contribution in [0.2, 0.25) is 0 Å². The van der Waals surface area contributed by atoms with Crippen molar-refractivity contribution in [1.29, 1.82) is 0 Å². The second-order valence-corrected chi connectivity index (χ2v) is 16.3. The summed E-state index contributed by atoms with van der Waals surface area (Å²) < 4.78 is 39.6. The molecule has 3 unspecified atom stereocenters. The fraction of sp³-hybridized carbons (Fsp3) is 0.933. The number of amides is 2. The molecule has 1 aliphatic heterocycles. The lowest BCUT2D eigenvalue weighted by Gasteiger charge is -2.64. The maximum atomic E-state index is 13.8. The van der Waals surface area contributed by atoms with E-state index in [2.05, 4.69) is 56.9 Å². The van der Waals surface area contributed by atoms with E-state index >= 15 is 0 Å². The largest absolute Gasteiger partial charge is 0.485 e. The van der Waals surface area contributed by atoms with Crippen molar-refractivity contribution >= 4 is 29.0 Å². The van der Waals surface area contributed by atoms with Gasteiger partial charge in [-0.25, -0.2) is 13.1 Å². The predicted octanol–water partition coefficient (Wildman–Crippen LogP) is 3.96. The molecule has 11 heteroatoms. The van der Waals surface area contributed by atoms with Crippen LogP contribution in [0.15, 0.2) is 0 Å². The molecule has 234 valence electrons. The smallest absolute Gasteiger partial charge is 0.404 e. The molecule has 4 saturated carbocycles.